The van der Waals surface area contributed by atoms with Gasteiger partial charge in [0.2, 0.25) is 0 Å². The topological polar surface area (TPSA) is 46.6 Å². The highest BCUT2D eigenvalue weighted by Gasteiger charge is 2.41. The van der Waals surface area contributed by atoms with E-state index < -0.39 is 5.60 Å². The summed E-state index contributed by atoms with van der Waals surface area (Å²) in [5.74, 6) is 0.388. The van der Waals surface area contributed by atoms with E-state index in [2.05, 4.69) is 0 Å². The molecule has 1 saturated carbocycles. The monoisotopic (exact) mass is 253 g/mol. The van der Waals surface area contributed by atoms with Crippen molar-refractivity contribution in [1.82, 2.24) is 4.90 Å². The molecule has 2 fully saturated rings. The Labute approximate surface area is 109 Å². The summed E-state index contributed by atoms with van der Waals surface area (Å²) in [4.78, 5) is 25.9. The van der Waals surface area contributed by atoms with Gasteiger partial charge in [-0.2, -0.15) is 0 Å². The van der Waals surface area contributed by atoms with Crippen molar-refractivity contribution in [2.45, 2.75) is 64.5 Å². The Kier molecular flexibility index (Phi) is 3.64. The molecule has 2 rings (SSSR count). The summed E-state index contributed by atoms with van der Waals surface area (Å²) >= 11 is 0. The molecule has 1 amide bonds. The minimum absolute atomic E-state index is 0.0556. The van der Waals surface area contributed by atoms with Crippen LogP contribution in [0, 0.1) is 5.92 Å². The van der Waals surface area contributed by atoms with Gasteiger partial charge in [0.15, 0.2) is 0 Å². The summed E-state index contributed by atoms with van der Waals surface area (Å²) in [5.41, 5.74) is -0.470. The first-order chi connectivity index (χ1) is 8.38. The van der Waals surface area contributed by atoms with E-state index in [-0.39, 0.29) is 18.1 Å². The van der Waals surface area contributed by atoms with Gasteiger partial charge >= 0.3 is 6.09 Å². The van der Waals surface area contributed by atoms with E-state index in [0.717, 1.165) is 25.7 Å². The van der Waals surface area contributed by atoms with Crippen molar-refractivity contribution in [2.24, 2.45) is 5.92 Å². The lowest BCUT2D eigenvalue weighted by molar-refractivity contribution is -0.130. The van der Waals surface area contributed by atoms with E-state index in [9.17, 15) is 9.59 Å². The van der Waals surface area contributed by atoms with Gasteiger partial charge in [0, 0.05) is 24.9 Å². The first-order valence-corrected chi connectivity index (χ1v) is 6.91. The average Bonchev–Trinajstić information content (AvgIpc) is 2.27. The van der Waals surface area contributed by atoms with E-state index in [0.29, 0.717) is 18.7 Å². The average molecular weight is 253 g/mol. The second-order valence-electron chi connectivity index (χ2n) is 6.35. The van der Waals surface area contributed by atoms with Gasteiger partial charge in [-0.3, -0.25) is 4.79 Å². The maximum atomic E-state index is 12.2. The number of piperidine rings is 1. The fourth-order valence-corrected chi connectivity index (χ4v) is 2.99. The van der Waals surface area contributed by atoms with E-state index in [1.54, 1.807) is 4.90 Å². The lowest BCUT2D eigenvalue weighted by Gasteiger charge is -2.43. The lowest BCUT2D eigenvalue weighted by Crippen LogP contribution is -2.54. The highest BCUT2D eigenvalue weighted by molar-refractivity contribution is 5.84. The predicted octanol–water partition coefficient (Wildman–Crippen LogP) is 2.76. The van der Waals surface area contributed by atoms with Gasteiger partial charge < -0.3 is 9.64 Å². The number of rotatable bonds is 0. The molecule has 4 nitrogen and oxygen atoms in total. The van der Waals surface area contributed by atoms with Gasteiger partial charge in [0.05, 0.1) is 0 Å². The molecular formula is C14H23NO3. The summed E-state index contributed by atoms with van der Waals surface area (Å²) in [5, 5.41) is 0. The Balaban J connectivity index is 2.08. The van der Waals surface area contributed by atoms with Crippen molar-refractivity contribution >= 4 is 11.9 Å². The molecule has 1 saturated heterocycles. The molecule has 1 aliphatic heterocycles. The number of likely N-dealkylation sites (tertiary alicyclic amines) is 1. The standard InChI is InChI=1S/C14H23NO3/c1-14(2,3)18-13(17)15-9-8-12(16)10-6-4-5-7-11(10)15/h10-11H,4-9H2,1-3H3/t10-,11+/m0/s1. The smallest absolute Gasteiger partial charge is 0.410 e. The third-order valence-corrected chi connectivity index (χ3v) is 3.77. The largest absolute Gasteiger partial charge is 0.444 e. The van der Waals surface area contributed by atoms with Crippen LogP contribution >= 0.6 is 0 Å². The Morgan fingerprint density at radius 1 is 1.28 bits per heavy atom. The minimum Gasteiger partial charge on any atom is -0.444 e. The van der Waals surface area contributed by atoms with Crippen molar-refractivity contribution < 1.29 is 14.3 Å². The number of carbonyl (C=O) groups is 2. The molecule has 1 aliphatic carbocycles. The Hall–Kier alpha value is -1.06. The maximum absolute atomic E-state index is 12.2. The normalized spacial score (nSPS) is 28.8. The van der Waals surface area contributed by atoms with Gasteiger partial charge in [-0.05, 0) is 33.6 Å². The van der Waals surface area contributed by atoms with E-state index in [4.69, 9.17) is 4.74 Å². The number of ketones is 1. The Morgan fingerprint density at radius 3 is 2.61 bits per heavy atom. The Morgan fingerprint density at radius 2 is 1.94 bits per heavy atom. The summed E-state index contributed by atoms with van der Waals surface area (Å²) in [6.07, 6.45) is 4.31. The van der Waals surface area contributed by atoms with Crippen molar-refractivity contribution in [3.8, 4) is 0 Å². The first-order valence-electron chi connectivity index (χ1n) is 6.91. The molecule has 2 aliphatic rings. The van der Waals surface area contributed by atoms with E-state index in [1.807, 2.05) is 20.8 Å². The summed E-state index contributed by atoms with van der Waals surface area (Å²) in [6.45, 7) is 6.14. The number of Topliss-reactive ketones (excluding diaryl/α,β-unsaturated/α-hetero) is 1. The second-order valence-corrected chi connectivity index (χ2v) is 6.35. The van der Waals surface area contributed by atoms with Crippen LogP contribution in [0.15, 0.2) is 0 Å². The van der Waals surface area contributed by atoms with Crippen LogP contribution in [0.1, 0.15) is 52.9 Å². The molecule has 0 aromatic rings. The number of nitrogens with zero attached hydrogens (tertiary/aromatic N) is 1. The number of ether oxygens (including phenoxy) is 1. The molecule has 0 spiro atoms. The summed E-state index contributed by atoms with van der Waals surface area (Å²) in [6, 6.07) is 0.0786. The molecule has 0 N–H and O–H groups in total. The van der Waals surface area contributed by atoms with Gasteiger partial charge in [-0.25, -0.2) is 4.79 Å². The van der Waals surface area contributed by atoms with Crippen LogP contribution in [-0.2, 0) is 9.53 Å². The van der Waals surface area contributed by atoms with Crippen LogP contribution in [0.3, 0.4) is 0 Å². The van der Waals surface area contributed by atoms with Crippen molar-refractivity contribution in [1.29, 1.82) is 0 Å². The first kappa shape index (κ1) is 13.4. The van der Waals surface area contributed by atoms with Crippen LogP contribution < -0.4 is 0 Å². The van der Waals surface area contributed by atoms with Crippen molar-refractivity contribution in [2.75, 3.05) is 6.54 Å². The number of carbonyl (C=O) groups excluding carboxylic acids is 2. The zero-order chi connectivity index (χ0) is 13.3. The van der Waals surface area contributed by atoms with Crippen LogP contribution in [0.2, 0.25) is 0 Å². The third kappa shape index (κ3) is 2.85. The molecule has 2 atom stereocenters. The summed E-state index contributed by atoms with van der Waals surface area (Å²) < 4.78 is 5.44. The lowest BCUT2D eigenvalue weighted by atomic mass is 9.78. The number of fused-ring (bicyclic) bond motifs is 1. The zero-order valence-electron chi connectivity index (χ0n) is 11.6. The zero-order valence-corrected chi connectivity index (χ0v) is 11.6. The molecule has 1 heterocycles. The van der Waals surface area contributed by atoms with Crippen LogP contribution in [-0.4, -0.2) is 35.0 Å². The molecule has 0 bridgehead atoms. The second kappa shape index (κ2) is 4.90. The number of hydrogen-bond acceptors (Lipinski definition) is 3. The van der Waals surface area contributed by atoms with Crippen LogP contribution in [0.4, 0.5) is 4.79 Å². The third-order valence-electron chi connectivity index (χ3n) is 3.77. The van der Waals surface area contributed by atoms with Gasteiger partial charge in [-0.1, -0.05) is 12.8 Å². The van der Waals surface area contributed by atoms with Gasteiger partial charge in [-0.15, -0.1) is 0 Å². The van der Waals surface area contributed by atoms with Gasteiger partial charge in [0.25, 0.3) is 0 Å². The molecule has 4 heteroatoms. The van der Waals surface area contributed by atoms with E-state index in [1.165, 1.54) is 0 Å². The molecule has 0 radical (unpaired) electrons. The maximum Gasteiger partial charge on any atom is 0.410 e. The number of amides is 1. The van der Waals surface area contributed by atoms with Crippen LogP contribution in [0.5, 0.6) is 0 Å². The van der Waals surface area contributed by atoms with Crippen molar-refractivity contribution in [3.05, 3.63) is 0 Å². The molecular weight excluding hydrogens is 230 g/mol. The van der Waals surface area contributed by atoms with Gasteiger partial charge in [0.1, 0.15) is 11.4 Å². The molecule has 0 aromatic carbocycles. The highest BCUT2D eigenvalue weighted by atomic mass is 16.6. The molecule has 0 unspecified atom stereocenters. The SMILES string of the molecule is CC(C)(C)OC(=O)N1CCC(=O)[C@H]2CCCC[C@H]21. The fraction of sp³-hybridized carbons (Fsp3) is 0.857. The highest BCUT2D eigenvalue weighted by Crippen LogP contribution is 2.34. The number of hydrogen-bond donors (Lipinski definition) is 0. The molecule has 0 aromatic heterocycles. The summed E-state index contributed by atoms with van der Waals surface area (Å²) in [7, 11) is 0. The van der Waals surface area contributed by atoms with Crippen molar-refractivity contribution in [3.63, 3.8) is 0 Å². The Bertz CT molecular complexity index is 345. The van der Waals surface area contributed by atoms with Crippen LogP contribution in [0.25, 0.3) is 0 Å². The minimum atomic E-state index is -0.470. The fourth-order valence-electron chi connectivity index (χ4n) is 2.99. The molecule has 18 heavy (non-hydrogen) atoms. The van der Waals surface area contributed by atoms with E-state index >= 15 is 0 Å². The quantitative estimate of drug-likeness (QED) is 0.667. The predicted molar refractivity (Wildman–Crippen MR) is 68.3 cm³/mol. The molecule has 102 valence electrons.